The Labute approximate surface area is 121 Å². The van der Waals surface area contributed by atoms with Crippen molar-refractivity contribution in [1.29, 1.82) is 0 Å². The molecule has 1 aromatic heterocycles. The molecule has 0 unspecified atom stereocenters. The summed E-state index contributed by atoms with van der Waals surface area (Å²) in [5.74, 6) is 0.931. The quantitative estimate of drug-likeness (QED) is 0.822. The van der Waals surface area contributed by atoms with E-state index in [4.69, 9.17) is 4.98 Å². The number of likely N-dealkylation sites (N-methyl/N-ethyl adjacent to an activating group) is 1. The lowest BCUT2D eigenvalue weighted by Gasteiger charge is -2.33. The number of fused-ring (bicyclic) bond motifs is 1. The van der Waals surface area contributed by atoms with E-state index in [2.05, 4.69) is 39.9 Å². The van der Waals surface area contributed by atoms with Crippen LogP contribution in [0.3, 0.4) is 0 Å². The fourth-order valence-electron chi connectivity index (χ4n) is 3.03. The number of aromatic nitrogens is 2. The van der Waals surface area contributed by atoms with Gasteiger partial charge in [-0.25, -0.2) is 9.97 Å². The Morgan fingerprint density at radius 2 is 1.95 bits per heavy atom. The van der Waals surface area contributed by atoms with Gasteiger partial charge in [0.15, 0.2) is 0 Å². The molecule has 0 amide bonds. The van der Waals surface area contributed by atoms with E-state index in [0.29, 0.717) is 0 Å². The zero-order valence-corrected chi connectivity index (χ0v) is 12.7. The molecule has 3 heterocycles. The Balaban J connectivity index is 1.71. The zero-order chi connectivity index (χ0) is 13.9. The molecule has 2 aliphatic heterocycles. The lowest BCUT2D eigenvalue weighted by Crippen LogP contribution is -2.45. The van der Waals surface area contributed by atoms with Crippen molar-refractivity contribution in [3.05, 3.63) is 17.5 Å². The summed E-state index contributed by atoms with van der Waals surface area (Å²) in [5.41, 5.74) is 2.59. The predicted molar refractivity (Wildman–Crippen MR) is 81.0 cm³/mol. The van der Waals surface area contributed by atoms with Crippen LogP contribution in [0.25, 0.3) is 0 Å². The molecule has 3 rings (SSSR count). The summed E-state index contributed by atoms with van der Waals surface area (Å²) in [7, 11) is 2.17. The highest BCUT2D eigenvalue weighted by Crippen LogP contribution is 2.19. The lowest BCUT2D eigenvalue weighted by molar-refractivity contribution is 0.252. The zero-order valence-electron chi connectivity index (χ0n) is 12.7. The molecule has 1 fully saturated rings. The average molecular weight is 275 g/mol. The first-order valence-electron chi connectivity index (χ1n) is 7.77. The first-order chi connectivity index (χ1) is 9.76. The van der Waals surface area contributed by atoms with Gasteiger partial charge in [-0.15, -0.1) is 0 Å². The fraction of sp³-hybridized carbons (Fsp3) is 0.733. The van der Waals surface area contributed by atoms with Crippen LogP contribution in [0, 0.1) is 0 Å². The standard InChI is InChI=1S/C15H25N5/c1-3-5-19-6-4-14-13(12-19)11-16-15(17-14)20-9-7-18(2)8-10-20/h11H,3-10,12H2,1-2H3. The average Bonchev–Trinajstić information content (AvgIpc) is 2.48. The van der Waals surface area contributed by atoms with Crippen LogP contribution in [0.2, 0.25) is 0 Å². The molecule has 0 aromatic carbocycles. The highest BCUT2D eigenvalue weighted by atomic mass is 15.3. The Morgan fingerprint density at radius 1 is 1.15 bits per heavy atom. The van der Waals surface area contributed by atoms with Gasteiger partial charge in [0.2, 0.25) is 5.95 Å². The number of anilines is 1. The van der Waals surface area contributed by atoms with Gasteiger partial charge >= 0.3 is 0 Å². The molecule has 0 bridgehead atoms. The summed E-state index contributed by atoms with van der Waals surface area (Å²) in [6.07, 6.45) is 4.34. The van der Waals surface area contributed by atoms with Gasteiger partial charge in [0.25, 0.3) is 0 Å². The monoisotopic (exact) mass is 275 g/mol. The van der Waals surface area contributed by atoms with Crippen LogP contribution in [-0.4, -0.2) is 66.1 Å². The molecular formula is C15H25N5. The molecule has 110 valence electrons. The highest BCUT2D eigenvalue weighted by Gasteiger charge is 2.21. The molecule has 5 nitrogen and oxygen atoms in total. The fourth-order valence-corrected chi connectivity index (χ4v) is 3.03. The number of rotatable bonds is 3. The molecular weight excluding hydrogens is 250 g/mol. The van der Waals surface area contributed by atoms with Gasteiger partial charge in [0.05, 0.1) is 5.69 Å². The van der Waals surface area contributed by atoms with Crippen molar-refractivity contribution < 1.29 is 0 Å². The molecule has 1 aromatic rings. The van der Waals surface area contributed by atoms with Crippen LogP contribution in [0.15, 0.2) is 6.20 Å². The molecule has 5 heteroatoms. The SMILES string of the molecule is CCCN1CCc2nc(N3CCN(C)CC3)ncc2C1. The maximum atomic E-state index is 4.83. The van der Waals surface area contributed by atoms with Gasteiger partial charge in [-0.3, -0.25) is 4.90 Å². The molecule has 20 heavy (non-hydrogen) atoms. The predicted octanol–water partition coefficient (Wildman–Crippen LogP) is 0.997. The Kier molecular flexibility index (Phi) is 4.17. The van der Waals surface area contributed by atoms with E-state index < -0.39 is 0 Å². The Hall–Kier alpha value is -1.20. The van der Waals surface area contributed by atoms with Crippen molar-refractivity contribution in [3.63, 3.8) is 0 Å². The van der Waals surface area contributed by atoms with Gasteiger partial charge in [-0.2, -0.15) is 0 Å². The van der Waals surface area contributed by atoms with E-state index >= 15 is 0 Å². The molecule has 0 spiro atoms. The van der Waals surface area contributed by atoms with E-state index in [1.165, 1.54) is 24.2 Å². The van der Waals surface area contributed by atoms with Gasteiger partial charge in [0, 0.05) is 57.4 Å². The van der Waals surface area contributed by atoms with Crippen LogP contribution >= 0.6 is 0 Å². The van der Waals surface area contributed by atoms with Crippen LogP contribution in [0.1, 0.15) is 24.6 Å². The van der Waals surface area contributed by atoms with Crippen molar-refractivity contribution >= 4 is 5.95 Å². The maximum absolute atomic E-state index is 4.83. The largest absolute Gasteiger partial charge is 0.338 e. The van der Waals surface area contributed by atoms with E-state index in [1.807, 2.05) is 0 Å². The summed E-state index contributed by atoms with van der Waals surface area (Å²) in [4.78, 5) is 16.6. The van der Waals surface area contributed by atoms with E-state index in [1.54, 1.807) is 0 Å². The van der Waals surface area contributed by atoms with Crippen molar-refractivity contribution in [1.82, 2.24) is 19.8 Å². The van der Waals surface area contributed by atoms with Crippen LogP contribution in [0.5, 0.6) is 0 Å². The highest BCUT2D eigenvalue weighted by molar-refractivity contribution is 5.34. The number of nitrogens with zero attached hydrogens (tertiary/aromatic N) is 5. The van der Waals surface area contributed by atoms with Crippen molar-refractivity contribution in [3.8, 4) is 0 Å². The second-order valence-corrected chi connectivity index (χ2v) is 5.96. The summed E-state index contributed by atoms with van der Waals surface area (Å²) >= 11 is 0. The van der Waals surface area contributed by atoms with E-state index in [0.717, 1.165) is 51.6 Å². The van der Waals surface area contributed by atoms with E-state index in [-0.39, 0.29) is 0 Å². The molecule has 0 atom stereocenters. The summed E-state index contributed by atoms with van der Waals surface area (Å²) in [5, 5.41) is 0. The lowest BCUT2D eigenvalue weighted by atomic mass is 10.1. The van der Waals surface area contributed by atoms with Crippen molar-refractivity contribution in [2.24, 2.45) is 0 Å². The molecule has 0 N–H and O–H groups in total. The molecule has 0 radical (unpaired) electrons. The Morgan fingerprint density at radius 3 is 2.70 bits per heavy atom. The minimum atomic E-state index is 0.931. The molecule has 0 saturated carbocycles. The van der Waals surface area contributed by atoms with Crippen molar-refractivity contribution in [2.75, 3.05) is 51.2 Å². The third-order valence-electron chi connectivity index (χ3n) is 4.33. The molecule has 1 saturated heterocycles. The summed E-state index contributed by atoms with van der Waals surface area (Å²) in [6.45, 7) is 9.86. The van der Waals surface area contributed by atoms with Gasteiger partial charge in [0.1, 0.15) is 0 Å². The second-order valence-electron chi connectivity index (χ2n) is 5.96. The molecule has 0 aliphatic carbocycles. The minimum absolute atomic E-state index is 0.931. The normalized spacial score (nSPS) is 21.0. The van der Waals surface area contributed by atoms with E-state index in [9.17, 15) is 0 Å². The topological polar surface area (TPSA) is 35.5 Å². The van der Waals surface area contributed by atoms with Crippen LogP contribution < -0.4 is 4.90 Å². The third kappa shape index (κ3) is 2.94. The number of hydrogen-bond acceptors (Lipinski definition) is 5. The smallest absolute Gasteiger partial charge is 0.225 e. The van der Waals surface area contributed by atoms with Crippen LogP contribution in [0.4, 0.5) is 5.95 Å². The Bertz CT molecular complexity index is 454. The van der Waals surface area contributed by atoms with Gasteiger partial charge in [-0.05, 0) is 20.0 Å². The van der Waals surface area contributed by atoms with Gasteiger partial charge < -0.3 is 9.80 Å². The third-order valence-corrected chi connectivity index (χ3v) is 4.33. The first-order valence-corrected chi connectivity index (χ1v) is 7.77. The van der Waals surface area contributed by atoms with Crippen molar-refractivity contribution in [2.45, 2.75) is 26.3 Å². The first kappa shape index (κ1) is 13.8. The minimum Gasteiger partial charge on any atom is -0.338 e. The second kappa shape index (κ2) is 6.06. The van der Waals surface area contributed by atoms with Crippen LogP contribution in [-0.2, 0) is 13.0 Å². The summed E-state index contributed by atoms with van der Waals surface area (Å²) in [6, 6.07) is 0. The number of hydrogen-bond donors (Lipinski definition) is 0. The number of piperazine rings is 1. The van der Waals surface area contributed by atoms with Gasteiger partial charge in [-0.1, -0.05) is 6.92 Å². The maximum Gasteiger partial charge on any atom is 0.225 e. The summed E-state index contributed by atoms with van der Waals surface area (Å²) < 4.78 is 0. The molecule has 2 aliphatic rings.